The van der Waals surface area contributed by atoms with E-state index in [9.17, 15) is 5.26 Å². The Kier molecular flexibility index (Phi) is 5.21. The van der Waals surface area contributed by atoms with Gasteiger partial charge in [0.05, 0.1) is 11.3 Å². The normalized spacial score (nSPS) is 16.3. The first kappa shape index (κ1) is 14.3. The van der Waals surface area contributed by atoms with Crippen molar-refractivity contribution in [2.24, 2.45) is 0 Å². The van der Waals surface area contributed by atoms with E-state index in [0.29, 0.717) is 5.25 Å². The highest BCUT2D eigenvalue weighted by atomic mass is 32.2. The van der Waals surface area contributed by atoms with Gasteiger partial charge in [0.25, 0.3) is 0 Å². The molecule has 1 fully saturated rings. The molecule has 2 rings (SSSR count). The fourth-order valence-electron chi connectivity index (χ4n) is 2.69. The highest BCUT2D eigenvalue weighted by Crippen LogP contribution is 2.35. The molecule has 1 aliphatic rings. The second-order valence-electron chi connectivity index (χ2n) is 5.00. The van der Waals surface area contributed by atoms with Gasteiger partial charge in [-0.15, -0.1) is 5.10 Å². The average Bonchev–Trinajstić information content (AvgIpc) is 2.47. The number of hydrogen-bond donors (Lipinski definition) is 0. The fraction of sp³-hybridized carbons (Fsp3) is 0.667. The van der Waals surface area contributed by atoms with Crippen LogP contribution in [0.1, 0.15) is 62.8 Å². The maximum atomic E-state index is 9.45. The minimum atomic E-state index is 0.618. The van der Waals surface area contributed by atoms with Gasteiger partial charge in [-0.2, -0.15) is 10.4 Å². The van der Waals surface area contributed by atoms with Crippen LogP contribution in [0.4, 0.5) is 0 Å². The highest BCUT2D eigenvalue weighted by Gasteiger charge is 2.20. The molecule has 0 aromatic carbocycles. The van der Waals surface area contributed by atoms with Crippen molar-refractivity contribution in [1.82, 2.24) is 10.2 Å². The molecule has 1 aromatic rings. The SMILES string of the molecule is CCc1nnc(SC2CCCCC2)c(C#N)c1CC. The number of aryl methyl sites for hydroxylation is 1. The summed E-state index contributed by atoms with van der Waals surface area (Å²) in [6.07, 6.45) is 8.16. The van der Waals surface area contributed by atoms with Crippen LogP contribution in [-0.4, -0.2) is 15.4 Å². The molecule has 1 heterocycles. The average molecular weight is 275 g/mol. The molecule has 19 heavy (non-hydrogen) atoms. The molecule has 1 saturated carbocycles. The van der Waals surface area contributed by atoms with Gasteiger partial charge in [0.15, 0.2) is 0 Å². The lowest BCUT2D eigenvalue weighted by molar-refractivity contribution is 0.515. The molecule has 1 aromatic heterocycles. The quantitative estimate of drug-likeness (QED) is 0.836. The monoisotopic (exact) mass is 275 g/mol. The summed E-state index contributed by atoms with van der Waals surface area (Å²) in [5.74, 6) is 0. The minimum Gasteiger partial charge on any atom is -0.192 e. The Morgan fingerprint density at radius 1 is 1.16 bits per heavy atom. The number of aromatic nitrogens is 2. The summed E-state index contributed by atoms with van der Waals surface area (Å²) >= 11 is 1.77. The van der Waals surface area contributed by atoms with Crippen molar-refractivity contribution < 1.29 is 0 Å². The summed E-state index contributed by atoms with van der Waals surface area (Å²) in [4.78, 5) is 0. The number of hydrogen-bond acceptors (Lipinski definition) is 4. The van der Waals surface area contributed by atoms with Gasteiger partial charge < -0.3 is 0 Å². The van der Waals surface area contributed by atoms with E-state index in [1.54, 1.807) is 11.8 Å². The van der Waals surface area contributed by atoms with Gasteiger partial charge >= 0.3 is 0 Å². The van der Waals surface area contributed by atoms with E-state index < -0.39 is 0 Å². The van der Waals surface area contributed by atoms with E-state index in [-0.39, 0.29) is 0 Å². The minimum absolute atomic E-state index is 0.618. The maximum absolute atomic E-state index is 9.45. The zero-order valence-corrected chi connectivity index (χ0v) is 12.6. The van der Waals surface area contributed by atoms with Crippen molar-refractivity contribution in [1.29, 1.82) is 5.26 Å². The van der Waals surface area contributed by atoms with Gasteiger partial charge in [-0.3, -0.25) is 0 Å². The first-order valence-corrected chi connectivity index (χ1v) is 8.13. The van der Waals surface area contributed by atoms with Gasteiger partial charge in [-0.05, 0) is 31.2 Å². The maximum Gasteiger partial charge on any atom is 0.137 e. The Hall–Kier alpha value is -1.08. The molecule has 1 aliphatic carbocycles. The molecule has 3 nitrogen and oxygen atoms in total. The summed E-state index contributed by atoms with van der Waals surface area (Å²) in [7, 11) is 0. The van der Waals surface area contributed by atoms with Crippen LogP contribution in [0.25, 0.3) is 0 Å². The van der Waals surface area contributed by atoms with E-state index in [0.717, 1.165) is 34.7 Å². The zero-order chi connectivity index (χ0) is 13.7. The lowest BCUT2D eigenvalue weighted by atomic mass is 10.0. The summed E-state index contributed by atoms with van der Waals surface area (Å²) < 4.78 is 0. The Labute approximate surface area is 119 Å². The number of thioether (sulfide) groups is 1. The van der Waals surface area contributed by atoms with E-state index in [4.69, 9.17) is 0 Å². The molecular formula is C15H21N3S. The lowest BCUT2D eigenvalue weighted by Gasteiger charge is -2.21. The van der Waals surface area contributed by atoms with E-state index in [2.05, 4.69) is 30.1 Å². The molecule has 0 amide bonds. The van der Waals surface area contributed by atoms with Crippen molar-refractivity contribution in [3.63, 3.8) is 0 Å². The Morgan fingerprint density at radius 2 is 1.89 bits per heavy atom. The number of nitriles is 1. The van der Waals surface area contributed by atoms with E-state index >= 15 is 0 Å². The Balaban J connectivity index is 2.27. The van der Waals surface area contributed by atoms with Crippen molar-refractivity contribution >= 4 is 11.8 Å². The number of rotatable bonds is 4. The summed E-state index contributed by atoms with van der Waals surface area (Å²) in [5.41, 5.74) is 2.84. The largest absolute Gasteiger partial charge is 0.192 e. The molecule has 0 bridgehead atoms. The highest BCUT2D eigenvalue weighted by molar-refractivity contribution is 7.99. The van der Waals surface area contributed by atoms with Crippen LogP contribution in [0.2, 0.25) is 0 Å². The van der Waals surface area contributed by atoms with Gasteiger partial charge in [0, 0.05) is 5.25 Å². The van der Waals surface area contributed by atoms with Crippen LogP contribution in [0.3, 0.4) is 0 Å². The fourth-order valence-corrected chi connectivity index (χ4v) is 3.95. The molecule has 0 spiro atoms. The Morgan fingerprint density at radius 3 is 2.47 bits per heavy atom. The molecule has 0 radical (unpaired) electrons. The van der Waals surface area contributed by atoms with Crippen LogP contribution in [0.15, 0.2) is 5.03 Å². The first-order chi connectivity index (χ1) is 9.30. The van der Waals surface area contributed by atoms with Crippen LogP contribution in [-0.2, 0) is 12.8 Å². The van der Waals surface area contributed by atoms with Crippen molar-refractivity contribution in [2.75, 3.05) is 0 Å². The Bertz CT molecular complexity index is 473. The van der Waals surface area contributed by atoms with Crippen molar-refractivity contribution in [2.45, 2.75) is 69.1 Å². The molecular weight excluding hydrogens is 254 g/mol. The molecule has 0 aliphatic heterocycles. The summed E-state index contributed by atoms with van der Waals surface area (Å²) in [5, 5.41) is 19.6. The predicted molar refractivity (Wildman–Crippen MR) is 78.2 cm³/mol. The first-order valence-electron chi connectivity index (χ1n) is 7.25. The van der Waals surface area contributed by atoms with Gasteiger partial charge in [0.2, 0.25) is 0 Å². The van der Waals surface area contributed by atoms with Crippen LogP contribution >= 0.6 is 11.8 Å². The third-order valence-corrected chi connectivity index (χ3v) is 5.07. The van der Waals surface area contributed by atoms with E-state index in [1.807, 2.05) is 0 Å². The summed E-state index contributed by atoms with van der Waals surface area (Å²) in [6.45, 7) is 4.16. The third kappa shape index (κ3) is 3.27. The molecule has 102 valence electrons. The molecule has 4 heteroatoms. The van der Waals surface area contributed by atoms with Crippen LogP contribution in [0.5, 0.6) is 0 Å². The summed E-state index contributed by atoms with van der Waals surface area (Å²) in [6, 6.07) is 2.36. The second kappa shape index (κ2) is 6.91. The second-order valence-corrected chi connectivity index (χ2v) is 6.29. The van der Waals surface area contributed by atoms with Crippen LogP contribution in [0, 0.1) is 11.3 Å². The van der Waals surface area contributed by atoms with Crippen LogP contribution < -0.4 is 0 Å². The van der Waals surface area contributed by atoms with Crippen molar-refractivity contribution in [3.8, 4) is 6.07 Å². The van der Waals surface area contributed by atoms with Gasteiger partial charge in [-0.1, -0.05) is 44.9 Å². The van der Waals surface area contributed by atoms with Crippen molar-refractivity contribution in [3.05, 3.63) is 16.8 Å². The van der Waals surface area contributed by atoms with Gasteiger partial charge in [0.1, 0.15) is 11.1 Å². The molecule has 0 saturated heterocycles. The zero-order valence-electron chi connectivity index (χ0n) is 11.8. The molecule has 0 unspecified atom stereocenters. The number of nitrogens with zero attached hydrogens (tertiary/aromatic N) is 3. The molecule has 0 N–H and O–H groups in total. The third-order valence-electron chi connectivity index (χ3n) is 3.76. The van der Waals surface area contributed by atoms with Gasteiger partial charge in [-0.25, -0.2) is 0 Å². The lowest BCUT2D eigenvalue weighted by Crippen LogP contribution is -2.11. The smallest absolute Gasteiger partial charge is 0.137 e. The topological polar surface area (TPSA) is 49.6 Å². The predicted octanol–water partition coefficient (Wildman–Crippen LogP) is 3.90. The van der Waals surface area contributed by atoms with E-state index in [1.165, 1.54) is 32.1 Å². The molecule has 0 atom stereocenters. The standard InChI is InChI=1S/C15H21N3S/c1-3-12-13(10-16)15(18-17-14(12)4-2)19-11-8-6-5-7-9-11/h11H,3-9H2,1-2H3.